The van der Waals surface area contributed by atoms with Crippen LogP contribution < -0.4 is 4.74 Å². The van der Waals surface area contributed by atoms with E-state index in [9.17, 15) is 4.79 Å². The summed E-state index contributed by atoms with van der Waals surface area (Å²) in [5, 5.41) is 2.16. The molecular weight excluding hydrogens is 252 g/mol. The van der Waals surface area contributed by atoms with E-state index in [4.69, 9.17) is 9.47 Å². The molecule has 2 aromatic carbocycles. The normalized spacial score (nSPS) is 10.8. The van der Waals surface area contributed by atoms with Crippen LogP contribution in [0.25, 0.3) is 10.8 Å². The third kappa shape index (κ3) is 2.62. The van der Waals surface area contributed by atoms with Gasteiger partial charge >= 0.3 is 5.97 Å². The monoisotopic (exact) mass is 272 g/mol. The van der Waals surface area contributed by atoms with E-state index in [-0.39, 0.29) is 5.97 Å². The van der Waals surface area contributed by atoms with Gasteiger partial charge in [0.1, 0.15) is 11.3 Å². The Morgan fingerprint density at radius 3 is 2.50 bits per heavy atom. The molecule has 0 aliphatic rings. The average molecular weight is 272 g/mol. The first kappa shape index (κ1) is 14.4. The van der Waals surface area contributed by atoms with Gasteiger partial charge in [-0.05, 0) is 34.7 Å². The molecular formula is C17H20O3. The van der Waals surface area contributed by atoms with Crippen molar-refractivity contribution >= 4 is 16.7 Å². The lowest BCUT2D eigenvalue weighted by molar-refractivity contribution is 0.0596. The molecule has 0 saturated carbocycles. The summed E-state index contributed by atoms with van der Waals surface area (Å²) in [7, 11) is 2.98. The highest BCUT2D eigenvalue weighted by atomic mass is 16.5. The molecule has 20 heavy (non-hydrogen) atoms. The Bertz CT molecular complexity index is 629. The Labute approximate surface area is 119 Å². The summed E-state index contributed by atoms with van der Waals surface area (Å²) in [6.07, 6.45) is 0.808. The van der Waals surface area contributed by atoms with Crippen molar-refractivity contribution in [3.8, 4) is 5.75 Å². The number of carbonyl (C=O) groups is 1. The van der Waals surface area contributed by atoms with E-state index in [2.05, 4.69) is 13.8 Å². The summed E-state index contributed by atoms with van der Waals surface area (Å²) in [6, 6.07) is 9.94. The minimum Gasteiger partial charge on any atom is -0.496 e. The highest BCUT2D eigenvalue weighted by molar-refractivity contribution is 6.01. The Morgan fingerprint density at radius 1 is 1.20 bits per heavy atom. The molecule has 2 rings (SSSR count). The first-order valence-corrected chi connectivity index (χ1v) is 6.75. The zero-order chi connectivity index (χ0) is 14.7. The van der Waals surface area contributed by atoms with Crippen molar-refractivity contribution in [2.75, 3.05) is 14.2 Å². The molecule has 3 nitrogen and oxygen atoms in total. The minimum atomic E-state index is -0.344. The fraction of sp³-hybridized carbons (Fsp3) is 0.353. The van der Waals surface area contributed by atoms with Crippen LogP contribution in [0.5, 0.6) is 5.75 Å². The molecule has 2 aromatic rings. The number of methoxy groups -OCH3 is 2. The van der Waals surface area contributed by atoms with Crippen LogP contribution in [0, 0.1) is 5.92 Å². The van der Waals surface area contributed by atoms with Crippen molar-refractivity contribution in [2.45, 2.75) is 20.3 Å². The number of ether oxygens (including phenoxy) is 2. The quantitative estimate of drug-likeness (QED) is 0.793. The third-order valence-corrected chi connectivity index (χ3v) is 3.34. The first-order chi connectivity index (χ1) is 9.58. The second-order valence-electron chi connectivity index (χ2n) is 5.24. The van der Waals surface area contributed by atoms with Crippen LogP contribution >= 0.6 is 0 Å². The Morgan fingerprint density at radius 2 is 1.90 bits per heavy atom. The molecule has 106 valence electrons. The average Bonchev–Trinajstić information content (AvgIpc) is 2.45. The predicted molar refractivity (Wildman–Crippen MR) is 80.4 cm³/mol. The number of fused-ring (bicyclic) bond motifs is 1. The van der Waals surface area contributed by atoms with Gasteiger partial charge in [-0.25, -0.2) is 4.79 Å². The number of rotatable bonds is 4. The number of esters is 1. The molecule has 0 N–H and O–H groups in total. The molecule has 0 spiro atoms. The van der Waals surface area contributed by atoms with Gasteiger partial charge in [0.2, 0.25) is 0 Å². The summed E-state index contributed by atoms with van der Waals surface area (Å²) in [5.41, 5.74) is 1.55. The molecule has 0 fully saturated rings. The lowest BCUT2D eigenvalue weighted by atomic mass is 9.91. The molecule has 0 aromatic heterocycles. The van der Waals surface area contributed by atoms with Gasteiger partial charge in [0, 0.05) is 0 Å². The molecule has 0 radical (unpaired) electrons. The maximum Gasteiger partial charge on any atom is 0.341 e. The maximum absolute atomic E-state index is 12.1. The molecule has 0 atom stereocenters. The van der Waals surface area contributed by atoms with Crippen LogP contribution in [0.3, 0.4) is 0 Å². The molecule has 0 aliphatic carbocycles. The topological polar surface area (TPSA) is 35.5 Å². The fourth-order valence-corrected chi connectivity index (χ4v) is 2.50. The van der Waals surface area contributed by atoms with Gasteiger partial charge < -0.3 is 9.47 Å². The fourth-order valence-electron chi connectivity index (χ4n) is 2.50. The Kier molecular flexibility index (Phi) is 4.28. The van der Waals surface area contributed by atoms with Crippen molar-refractivity contribution in [1.82, 2.24) is 0 Å². The number of carbonyl (C=O) groups excluding carboxylic acids is 1. The SMILES string of the molecule is COC(=O)c1c(OC)cc2ccccc2c1CC(C)C. The standard InChI is InChI=1S/C17H20O3/c1-11(2)9-14-13-8-6-5-7-12(13)10-15(19-3)16(14)17(18)20-4/h5-8,10-11H,9H2,1-4H3. The number of benzene rings is 2. The van der Waals surface area contributed by atoms with Crippen molar-refractivity contribution < 1.29 is 14.3 Å². The molecule has 0 unspecified atom stereocenters. The van der Waals surface area contributed by atoms with Gasteiger partial charge in [0.25, 0.3) is 0 Å². The maximum atomic E-state index is 12.1. The van der Waals surface area contributed by atoms with Crippen LogP contribution in [-0.2, 0) is 11.2 Å². The van der Waals surface area contributed by atoms with Crippen LogP contribution in [0.1, 0.15) is 29.8 Å². The summed E-state index contributed by atoms with van der Waals surface area (Å²) in [5.74, 6) is 0.670. The third-order valence-electron chi connectivity index (χ3n) is 3.34. The van der Waals surface area contributed by atoms with Gasteiger partial charge in [0.05, 0.1) is 14.2 Å². The summed E-state index contributed by atoms with van der Waals surface area (Å²) in [4.78, 5) is 12.1. The molecule has 3 heteroatoms. The lowest BCUT2D eigenvalue weighted by Gasteiger charge is -2.17. The smallest absolute Gasteiger partial charge is 0.341 e. The van der Waals surface area contributed by atoms with Gasteiger partial charge in [-0.3, -0.25) is 0 Å². The van der Waals surface area contributed by atoms with Crippen molar-refractivity contribution in [2.24, 2.45) is 5.92 Å². The van der Waals surface area contributed by atoms with Crippen LogP contribution in [0.2, 0.25) is 0 Å². The zero-order valence-corrected chi connectivity index (χ0v) is 12.4. The highest BCUT2D eigenvalue weighted by Crippen LogP contribution is 2.33. The van der Waals surface area contributed by atoms with Crippen molar-refractivity contribution in [1.29, 1.82) is 0 Å². The molecule has 0 aliphatic heterocycles. The molecule has 0 saturated heterocycles. The summed E-state index contributed by atoms with van der Waals surface area (Å²) >= 11 is 0. The Balaban J connectivity index is 2.80. The number of hydrogen-bond acceptors (Lipinski definition) is 3. The predicted octanol–water partition coefficient (Wildman–Crippen LogP) is 3.83. The van der Waals surface area contributed by atoms with Crippen LogP contribution in [-0.4, -0.2) is 20.2 Å². The molecule has 0 heterocycles. The van der Waals surface area contributed by atoms with E-state index in [0.717, 1.165) is 22.8 Å². The van der Waals surface area contributed by atoms with E-state index < -0.39 is 0 Å². The number of hydrogen-bond donors (Lipinski definition) is 0. The largest absolute Gasteiger partial charge is 0.496 e. The van der Waals surface area contributed by atoms with Crippen LogP contribution in [0.4, 0.5) is 0 Å². The summed E-state index contributed by atoms with van der Waals surface area (Å²) < 4.78 is 10.3. The molecule has 0 amide bonds. The van der Waals surface area contributed by atoms with E-state index in [1.165, 1.54) is 7.11 Å². The zero-order valence-electron chi connectivity index (χ0n) is 12.4. The molecule has 0 bridgehead atoms. The van der Waals surface area contributed by atoms with Crippen molar-refractivity contribution in [3.05, 3.63) is 41.5 Å². The summed E-state index contributed by atoms with van der Waals surface area (Å²) in [6.45, 7) is 4.27. The second kappa shape index (κ2) is 5.95. The van der Waals surface area contributed by atoms with Crippen molar-refractivity contribution in [3.63, 3.8) is 0 Å². The van der Waals surface area contributed by atoms with E-state index in [0.29, 0.717) is 17.2 Å². The van der Waals surface area contributed by atoms with Gasteiger partial charge in [0.15, 0.2) is 0 Å². The first-order valence-electron chi connectivity index (χ1n) is 6.75. The second-order valence-corrected chi connectivity index (χ2v) is 5.24. The van der Waals surface area contributed by atoms with Crippen LogP contribution in [0.15, 0.2) is 30.3 Å². The van der Waals surface area contributed by atoms with E-state index >= 15 is 0 Å². The van der Waals surface area contributed by atoms with Gasteiger partial charge in [-0.15, -0.1) is 0 Å². The van der Waals surface area contributed by atoms with E-state index in [1.54, 1.807) is 7.11 Å². The Hall–Kier alpha value is -2.03. The highest BCUT2D eigenvalue weighted by Gasteiger charge is 2.21. The lowest BCUT2D eigenvalue weighted by Crippen LogP contribution is -2.10. The minimum absolute atomic E-state index is 0.344. The van der Waals surface area contributed by atoms with Gasteiger partial charge in [-0.2, -0.15) is 0 Å². The van der Waals surface area contributed by atoms with E-state index in [1.807, 2.05) is 30.3 Å². The van der Waals surface area contributed by atoms with Gasteiger partial charge in [-0.1, -0.05) is 38.1 Å².